The quantitative estimate of drug-likeness (QED) is 0.338. The van der Waals surface area contributed by atoms with Crippen molar-refractivity contribution in [3.05, 3.63) is 77.2 Å². The van der Waals surface area contributed by atoms with Crippen molar-refractivity contribution in [1.29, 1.82) is 0 Å². The number of hydrogen-bond donors (Lipinski definition) is 1. The first-order valence-corrected chi connectivity index (χ1v) is 11.1. The topological polar surface area (TPSA) is 60.4 Å². The molecule has 4 aromatic rings. The Morgan fingerprint density at radius 3 is 2.58 bits per heavy atom. The molecule has 5 nitrogen and oxygen atoms in total. The van der Waals surface area contributed by atoms with Gasteiger partial charge in [-0.1, -0.05) is 29.4 Å². The number of nitrogens with one attached hydrogen (secondary N) is 1. The van der Waals surface area contributed by atoms with Crippen molar-refractivity contribution in [3.8, 4) is 5.75 Å². The number of hydrogen-bond acceptors (Lipinski definition) is 5. The van der Waals surface area contributed by atoms with Crippen molar-refractivity contribution in [2.45, 2.75) is 45.6 Å². The van der Waals surface area contributed by atoms with Crippen LogP contribution in [-0.2, 0) is 12.8 Å². The number of anilines is 1. The van der Waals surface area contributed by atoms with Gasteiger partial charge in [0.15, 0.2) is 5.82 Å². The van der Waals surface area contributed by atoms with E-state index >= 15 is 0 Å². The summed E-state index contributed by atoms with van der Waals surface area (Å²) in [6.45, 7) is 4.88. The van der Waals surface area contributed by atoms with Gasteiger partial charge in [-0.15, -0.1) is 0 Å². The smallest absolute Gasteiger partial charge is 0.172 e. The highest BCUT2D eigenvalue weighted by molar-refractivity contribution is 5.79. The zero-order chi connectivity index (χ0) is 21.2. The second-order valence-corrected chi connectivity index (χ2v) is 8.63. The average molecular weight is 417 g/mol. The van der Waals surface area contributed by atoms with E-state index in [2.05, 4.69) is 65.9 Å². The minimum absolute atomic E-state index is 0.000276. The van der Waals surface area contributed by atoms with Gasteiger partial charge in [-0.05, 0) is 80.8 Å². The van der Waals surface area contributed by atoms with Crippen molar-refractivity contribution in [2.75, 3.05) is 11.9 Å². The molecule has 1 atom stereocenters. The Morgan fingerprint density at radius 2 is 1.84 bits per heavy atom. The number of ether oxygens (including phenoxy) is 1. The number of aromatic nitrogens is 1. The summed E-state index contributed by atoms with van der Waals surface area (Å²) in [5.74, 6) is 3.39. The summed E-state index contributed by atoms with van der Waals surface area (Å²) in [5.41, 5.74) is 4.49. The number of furan rings is 1. The van der Waals surface area contributed by atoms with Crippen molar-refractivity contribution in [3.63, 3.8) is 0 Å². The molecule has 0 saturated heterocycles. The molecule has 0 amide bonds. The summed E-state index contributed by atoms with van der Waals surface area (Å²) < 4.78 is 17.0. The highest BCUT2D eigenvalue weighted by Crippen LogP contribution is 2.30. The summed E-state index contributed by atoms with van der Waals surface area (Å²) in [6.07, 6.45) is 6.23. The van der Waals surface area contributed by atoms with Gasteiger partial charge in [-0.2, -0.15) is 0 Å². The van der Waals surface area contributed by atoms with Crippen LogP contribution in [0.25, 0.3) is 11.0 Å². The number of benzene rings is 2. The molecule has 2 aromatic heterocycles. The van der Waals surface area contributed by atoms with Crippen molar-refractivity contribution in [2.24, 2.45) is 5.92 Å². The normalized spacial score (nSPS) is 14.6. The molecule has 5 rings (SSSR count). The predicted molar refractivity (Wildman–Crippen MR) is 122 cm³/mol. The molecule has 2 aromatic carbocycles. The minimum atomic E-state index is 0.000276. The van der Waals surface area contributed by atoms with Crippen LogP contribution in [-0.4, -0.2) is 11.8 Å². The number of nitrogens with zero attached hydrogens (tertiary/aromatic N) is 1. The SMILES string of the molecule is Cc1conc1NC(C)c1cc2ccc(CCc3ccc(OCC4CC4)cc3)cc2o1. The lowest BCUT2D eigenvalue weighted by Crippen LogP contribution is -2.06. The molecule has 1 aliphatic rings. The van der Waals surface area contributed by atoms with Crippen LogP contribution in [0.15, 0.2) is 63.7 Å². The third kappa shape index (κ3) is 4.76. The van der Waals surface area contributed by atoms with Gasteiger partial charge in [-0.25, -0.2) is 0 Å². The van der Waals surface area contributed by atoms with E-state index in [4.69, 9.17) is 13.7 Å². The van der Waals surface area contributed by atoms with E-state index in [1.165, 1.54) is 24.0 Å². The van der Waals surface area contributed by atoms with Crippen LogP contribution in [0, 0.1) is 12.8 Å². The molecule has 31 heavy (non-hydrogen) atoms. The summed E-state index contributed by atoms with van der Waals surface area (Å²) in [6, 6.07) is 17.1. The lowest BCUT2D eigenvalue weighted by molar-refractivity contribution is 0.299. The van der Waals surface area contributed by atoms with Gasteiger partial charge < -0.3 is 19.0 Å². The molecule has 1 aliphatic carbocycles. The van der Waals surface area contributed by atoms with Crippen LogP contribution in [0.4, 0.5) is 5.82 Å². The molecule has 0 bridgehead atoms. The molecule has 1 N–H and O–H groups in total. The Bertz CT molecular complexity index is 1160. The van der Waals surface area contributed by atoms with E-state index in [1.807, 2.05) is 6.92 Å². The van der Waals surface area contributed by atoms with Gasteiger partial charge in [0.25, 0.3) is 0 Å². The van der Waals surface area contributed by atoms with Gasteiger partial charge in [0.2, 0.25) is 0 Å². The zero-order valence-corrected chi connectivity index (χ0v) is 18.1. The van der Waals surface area contributed by atoms with Crippen LogP contribution in [0.1, 0.15) is 48.3 Å². The zero-order valence-electron chi connectivity index (χ0n) is 18.1. The Hall–Kier alpha value is -3.21. The first-order valence-electron chi connectivity index (χ1n) is 11.1. The second kappa shape index (κ2) is 8.50. The third-order valence-corrected chi connectivity index (χ3v) is 5.94. The number of aryl methyl sites for hydroxylation is 3. The van der Waals surface area contributed by atoms with Crippen molar-refractivity contribution < 1.29 is 13.7 Å². The standard InChI is InChI=1S/C26H28N2O3/c1-17-15-30-28-26(17)27-18(2)24-14-22-10-7-20(13-25(22)31-24)4-3-19-8-11-23(12-9-19)29-16-21-5-6-21/h7-15,18,21H,3-6,16H2,1-2H3,(H,27,28). The second-order valence-electron chi connectivity index (χ2n) is 8.63. The maximum atomic E-state index is 6.14. The molecule has 0 spiro atoms. The lowest BCUT2D eigenvalue weighted by atomic mass is 10.0. The fourth-order valence-electron chi connectivity index (χ4n) is 3.71. The molecule has 2 heterocycles. The molecule has 0 aliphatic heterocycles. The number of fused-ring (bicyclic) bond motifs is 1. The summed E-state index contributed by atoms with van der Waals surface area (Å²) in [7, 11) is 0. The highest BCUT2D eigenvalue weighted by Gasteiger charge is 2.21. The Balaban J connectivity index is 1.21. The first kappa shape index (κ1) is 19.7. The van der Waals surface area contributed by atoms with Crippen LogP contribution < -0.4 is 10.1 Å². The maximum Gasteiger partial charge on any atom is 0.172 e. The molecule has 160 valence electrons. The fraction of sp³-hybridized carbons (Fsp3) is 0.346. The molecular formula is C26H28N2O3. The highest BCUT2D eigenvalue weighted by atomic mass is 16.5. The Morgan fingerprint density at radius 1 is 1.06 bits per heavy atom. The van der Waals surface area contributed by atoms with Crippen molar-refractivity contribution in [1.82, 2.24) is 5.16 Å². The van der Waals surface area contributed by atoms with E-state index in [0.717, 1.165) is 59.2 Å². The van der Waals surface area contributed by atoms with Crippen LogP contribution in [0.5, 0.6) is 5.75 Å². The Labute approximate surface area is 182 Å². The Kier molecular flexibility index (Phi) is 5.41. The molecule has 1 saturated carbocycles. The van der Waals surface area contributed by atoms with Gasteiger partial charge in [0.05, 0.1) is 12.6 Å². The fourth-order valence-corrected chi connectivity index (χ4v) is 3.71. The summed E-state index contributed by atoms with van der Waals surface area (Å²) >= 11 is 0. The third-order valence-electron chi connectivity index (χ3n) is 5.94. The maximum absolute atomic E-state index is 6.14. The minimum Gasteiger partial charge on any atom is -0.493 e. The van der Waals surface area contributed by atoms with Crippen LogP contribution in [0.3, 0.4) is 0 Å². The molecular weight excluding hydrogens is 388 g/mol. The van der Waals surface area contributed by atoms with Gasteiger partial charge in [0.1, 0.15) is 23.4 Å². The monoisotopic (exact) mass is 416 g/mol. The number of rotatable bonds is 9. The van der Waals surface area contributed by atoms with Crippen LogP contribution in [0.2, 0.25) is 0 Å². The van der Waals surface area contributed by atoms with E-state index in [0.29, 0.717) is 0 Å². The average Bonchev–Trinajstić information content (AvgIpc) is 3.38. The van der Waals surface area contributed by atoms with Gasteiger partial charge >= 0.3 is 0 Å². The van der Waals surface area contributed by atoms with Gasteiger partial charge in [0, 0.05) is 10.9 Å². The lowest BCUT2D eigenvalue weighted by Gasteiger charge is -2.10. The molecule has 1 fully saturated rings. The summed E-state index contributed by atoms with van der Waals surface area (Å²) in [4.78, 5) is 0. The largest absolute Gasteiger partial charge is 0.493 e. The molecule has 1 unspecified atom stereocenters. The van der Waals surface area contributed by atoms with E-state index in [1.54, 1.807) is 6.26 Å². The van der Waals surface area contributed by atoms with Gasteiger partial charge in [-0.3, -0.25) is 0 Å². The van der Waals surface area contributed by atoms with Crippen LogP contribution >= 0.6 is 0 Å². The van der Waals surface area contributed by atoms with E-state index < -0.39 is 0 Å². The van der Waals surface area contributed by atoms with E-state index in [-0.39, 0.29) is 6.04 Å². The molecule has 0 radical (unpaired) electrons. The summed E-state index contributed by atoms with van der Waals surface area (Å²) in [5, 5.41) is 8.45. The molecule has 5 heteroatoms. The first-order chi connectivity index (χ1) is 15.1. The van der Waals surface area contributed by atoms with Crippen molar-refractivity contribution >= 4 is 16.8 Å². The predicted octanol–water partition coefficient (Wildman–Crippen LogP) is 6.48. The van der Waals surface area contributed by atoms with E-state index in [9.17, 15) is 0 Å².